The Balaban J connectivity index is 1.05. The molecule has 0 fully saturated rings. The number of hydrogen-bond acceptors (Lipinski definition) is 4. The number of fused-ring (bicyclic) bond motifs is 8. The second-order valence-electron chi connectivity index (χ2n) is 13.6. The quantitative estimate of drug-likeness (QED) is 0.180. The molecule has 0 aliphatic heterocycles. The van der Waals surface area contributed by atoms with Gasteiger partial charge in [-0.3, -0.25) is 0 Å². The van der Waals surface area contributed by atoms with Crippen LogP contribution in [0.2, 0.25) is 0 Å². The number of pyridine rings is 1. The van der Waals surface area contributed by atoms with E-state index in [1.54, 1.807) is 0 Å². The third-order valence-corrected chi connectivity index (χ3v) is 10.4. The molecule has 252 valence electrons. The fraction of sp³-hybridized carbons (Fsp3) is 0. The van der Waals surface area contributed by atoms with Gasteiger partial charge in [0.1, 0.15) is 11.1 Å². The maximum absolute atomic E-state index is 6.32. The van der Waals surface area contributed by atoms with Gasteiger partial charge in [-0.15, -0.1) is 0 Å². The van der Waals surface area contributed by atoms with Gasteiger partial charge >= 0.3 is 0 Å². The van der Waals surface area contributed by atoms with Crippen LogP contribution in [0.1, 0.15) is 0 Å². The van der Waals surface area contributed by atoms with Gasteiger partial charge in [-0.25, -0.2) is 15.0 Å². The average molecular weight is 691 g/mol. The van der Waals surface area contributed by atoms with Crippen LogP contribution < -0.4 is 0 Å². The van der Waals surface area contributed by atoms with Crippen molar-refractivity contribution < 1.29 is 4.42 Å². The van der Waals surface area contributed by atoms with Crippen molar-refractivity contribution >= 4 is 54.6 Å². The Labute approximate surface area is 310 Å². The molecular formula is C49H30N4O. The van der Waals surface area contributed by atoms with E-state index in [-0.39, 0.29) is 0 Å². The Hall–Kier alpha value is -7.37. The third-order valence-electron chi connectivity index (χ3n) is 10.4. The molecule has 4 heterocycles. The zero-order valence-corrected chi connectivity index (χ0v) is 29.0. The van der Waals surface area contributed by atoms with E-state index in [2.05, 4.69) is 150 Å². The molecule has 0 saturated carbocycles. The Kier molecular flexibility index (Phi) is 6.79. The van der Waals surface area contributed by atoms with E-state index in [0.29, 0.717) is 5.82 Å². The van der Waals surface area contributed by atoms with Crippen LogP contribution in [0.15, 0.2) is 186 Å². The molecule has 0 amide bonds. The minimum absolute atomic E-state index is 0.669. The minimum atomic E-state index is 0.669. The largest absolute Gasteiger partial charge is 0.454 e. The fourth-order valence-electron chi connectivity index (χ4n) is 7.87. The molecule has 11 aromatic rings. The monoisotopic (exact) mass is 690 g/mol. The molecule has 5 nitrogen and oxygen atoms in total. The van der Waals surface area contributed by atoms with Gasteiger partial charge in [-0.1, -0.05) is 140 Å². The van der Waals surface area contributed by atoms with Gasteiger partial charge in [0.15, 0.2) is 11.4 Å². The van der Waals surface area contributed by atoms with Gasteiger partial charge in [0.05, 0.1) is 28.1 Å². The van der Waals surface area contributed by atoms with Crippen LogP contribution in [0.4, 0.5) is 0 Å². The van der Waals surface area contributed by atoms with Crippen LogP contribution in [0.5, 0.6) is 0 Å². The highest BCUT2D eigenvalue weighted by Gasteiger charge is 2.18. The number of benzene rings is 7. The first-order chi connectivity index (χ1) is 26.8. The Morgan fingerprint density at radius 1 is 0.389 bits per heavy atom. The smallest absolute Gasteiger partial charge is 0.161 e. The number of para-hydroxylation sites is 3. The number of aromatic nitrogens is 4. The van der Waals surface area contributed by atoms with Gasteiger partial charge < -0.3 is 8.98 Å². The summed E-state index contributed by atoms with van der Waals surface area (Å²) in [4.78, 5) is 15.6. The fourth-order valence-corrected chi connectivity index (χ4v) is 7.87. The van der Waals surface area contributed by atoms with Crippen molar-refractivity contribution in [3.05, 3.63) is 182 Å². The van der Waals surface area contributed by atoms with E-state index in [9.17, 15) is 0 Å². The molecule has 0 N–H and O–H groups in total. The van der Waals surface area contributed by atoms with Gasteiger partial charge in [-0.2, -0.15) is 0 Å². The number of hydrogen-bond donors (Lipinski definition) is 0. The van der Waals surface area contributed by atoms with Crippen LogP contribution in [0, 0.1) is 0 Å². The van der Waals surface area contributed by atoms with Gasteiger partial charge in [0, 0.05) is 54.9 Å². The van der Waals surface area contributed by atoms with E-state index in [0.717, 1.165) is 88.9 Å². The maximum Gasteiger partial charge on any atom is 0.161 e. The summed E-state index contributed by atoms with van der Waals surface area (Å²) in [6.45, 7) is 0. The predicted molar refractivity (Wildman–Crippen MR) is 221 cm³/mol. The summed E-state index contributed by atoms with van der Waals surface area (Å²) in [7, 11) is 0. The van der Waals surface area contributed by atoms with Crippen LogP contribution in [-0.4, -0.2) is 19.5 Å². The van der Waals surface area contributed by atoms with Crippen molar-refractivity contribution in [1.82, 2.24) is 19.5 Å². The molecule has 0 bridgehead atoms. The highest BCUT2D eigenvalue weighted by Crippen LogP contribution is 2.38. The summed E-state index contributed by atoms with van der Waals surface area (Å²) in [6, 6.07) is 63.1. The van der Waals surface area contributed by atoms with Gasteiger partial charge in [0.25, 0.3) is 0 Å². The number of nitrogens with zero attached hydrogens (tertiary/aromatic N) is 4. The topological polar surface area (TPSA) is 56.7 Å². The molecule has 7 aromatic carbocycles. The first-order valence-electron chi connectivity index (χ1n) is 18.1. The van der Waals surface area contributed by atoms with Crippen molar-refractivity contribution in [2.45, 2.75) is 0 Å². The summed E-state index contributed by atoms with van der Waals surface area (Å²) in [5.41, 5.74) is 12.6. The normalized spacial score (nSPS) is 11.7. The highest BCUT2D eigenvalue weighted by molar-refractivity contribution is 6.16. The zero-order valence-electron chi connectivity index (χ0n) is 29.0. The van der Waals surface area contributed by atoms with Crippen LogP contribution >= 0.6 is 0 Å². The van der Waals surface area contributed by atoms with E-state index >= 15 is 0 Å². The molecule has 5 heteroatoms. The van der Waals surface area contributed by atoms with Crippen molar-refractivity contribution in [1.29, 1.82) is 0 Å². The molecular weight excluding hydrogens is 661 g/mol. The van der Waals surface area contributed by atoms with E-state index < -0.39 is 0 Å². The minimum Gasteiger partial charge on any atom is -0.454 e. The lowest BCUT2D eigenvalue weighted by atomic mass is 10.00. The van der Waals surface area contributed by atoms with Crippen LogP contribution in [0.3, 0.4) is 0 Å². The number of rotatable bonds is 5. The standard InChI is InChI=1S/C49H30N4O/c1-2-13-31(14-3-1)41-30-42(51-49(50-41)34-15-12-16-35(29-34)53-43-22-9-6-17-36(43)37-18-7-10-23-44(37)53)32-25-27-33(28-26-32)46-38-19-4-5-20-39(38)48-47(52-46)40-21-8-11-24-45(40)54-48/h1-30H. The second-order valence-corrected chi connectivity index (χ2v) is 13.6. The van der Waals surface area contributed by atoms with E-state index in [1.165, 1.54) is 10.8 Å². The third kappa shape index (κ3) is 4.83. The summed E-state index contributed by atoms with van der Waals surface area (Å²) in [6.07, 6.45) is 0. The second kappa shape index (κ2) is 12.1. The molecule has 54 heavy (non-hydrogen) atoms. The van der Waals surface area contributed by atoms with Crippen LogP contribution in [-0.2, 0) is 0 Å². The summed E-state index contributed by atoms with van der Waals surface area (Å²) < 4.78 is 8.65. The van der Waals surface area contributed by atoms with Crippen molar-refractivity contribution in [2.24, 2.45) is 0 Å². The summed E-state index contributed by atoms with van der Waals surface area (Å²) in [5.74, 6) is 0.669. The predicted octanol–water partition coefficient (Wildman–Crippen LogP) is 12.7. The zero-order chi connectivity index (χ0) is 35.6. The van der Waals surface area contributed by atoms with E-state index in [1.807, 2.05) is 36.4 Å². The number of furan rings is 1. The SMILES string of the molecule is c1ccc(-c2cc(-c3ccc(-c4nc5c6ccccc6oc5c5ccccc45)cc3)nc(-c3cccc(-n4c5ccccc5c5ccccc54)c3)n2)cc1. The molecule has 0 saturated heterocycles. The lowest BCUT2D eigenvalue weighted by Crippen LogP contribution is -1.98. The first kappa shape index (κ1) is 30.3. The molecule has 0 spiro atoms. The molecule has 4 aromatic heterocycles. The Bertz CT molecular complexity index is 3160. The lowest BCUT2D eigenvalue weighted by molar-refractivity contribution is 0.672. The van der Waals surface area contributed by atoms with Crippen molar-refractivity contribution in [2.75, 3.05) is 0 Å². The summed E-state index contributed by atoms with van der Waals surface area (Å²) >= 11 is 0. The molecule has 0 unspecified atom stereocenters. The maximum atomic E-state index is 6.32. The first-order valence-corrected chi connectivity index (χ1v) is 18.1. The highest BCUT2D eigenvalue weighted by atomic mass is 16.3. The Morgan fingerprint density at radius 2 is 0.944 bits per heavy atom. The molecule has 0 aliphatic rings. The lowest BCUT2D eigenvalue weighted by Gasteiger charge is -2.12. The molecule has 0 atom stereocenters. The molecule has 0 aliphatic carbocycles. The average Bonchev–Trinajstić information content (AvgIpc) is 3.80. The van der Waals surface area contributed by atoms with Crippen molar-refractivity contribution in [3.8, 4) is 50.8 Å². The Morgan fingerprint density at radius 3 is 1.67 bits per heavy atom. The van der Waals surface area contributed by atoms with Gasteiger partial charge in [-0.05, 0) is 42.5 Å². The molecule has 0 radical (unpaired) electrons. The van der Waals surface area contributed by atoms with Crippen molar-refractivity contribution in [3.63, 3.8) is 0 Å². The van der Waals surface area contributed by atoms with Crippen LogP contribution in [0.25, 0.3) is 105 Å². The summed E-state index contributed by atoms with van der Waals surface area (Å²) in [5, 5.41) is 5.57. The van der Waals surface area contributed by atoms with E-state index in [4.69, 9.17) is 19.4 Å². The van der Waals surface area contributed by atoms with Gasteiger partial charge in [0.2, 0.25) is 0 Å². The molecule has 11 rings (SSSR count).